The van der Waals surface area contributed by atoms with Gasteiger partial charge in [0, 0.05) is 29.2 Å². The summed E-state index contributed by atoms with van der Waals surface area (Å²) in [7, 11) is 0. The zero-order chi connectivity index (χ0) is 18.5. The summed E-state index contributed by atoms with van der Waals surface area (Å²) in [6.07, 6.45) is 0. The highest BCUT2D eigenvalue weighted by atomic mass is 16.6. The van der Waals surface area contributed by atoms with E-state index in [4.69, 9.17) is 11.8 Å². The van der Waals surface area contributed by atoms with E-state index in [9.17, 15) is 10.1 Å². The van der Waals surface area contributed by atoms with E-state index in [1.54, 1.807) is 36.4 Å². The van der Waals surface area contributed by atoms with Crippen LogP contribution in [0.25, 0.3) is 4.85 Å². The van der Waals surface area contributed by atoms with Crippen molar-refractivity contribution in [1.29, 1.82) is 5.26 Å². The van der Waals surface area contributed by atoms with E-state index in [1.165, 1.54) is 12.1 Å². The van der Waals surface area contributed by atoms with Crippen molar-refractivity contribution < 1.29 is 4.92 Å². The lowest BCUT2D eigenvalue weighted by molar-refractivity contribution is -0.384. The summed E-state index contributed by atoms with van der Waals surface area (Å²) in [6, 6.07) is 22.4. The Morgan fingerprint density at radius 3 is 1.77 bits per heavy atom. The Labute approximate surface area is 150 Å². The van der Waals surface area contributed by atoms with E-state index in [-0.39, 0.29) is 5.69 Å². The van der Waals surface area contributed by atoms with Crippen molar-refractivity contribution in [3.8, 4) is 6.07 Å². The van der Waals surface area contributed by atoms with Gasteiger partial charge in [-0.25, -0.2) is 4.85 Å². The molecule has 0 aliphatic rings. The molecule has 0 N–H and O–H groups in total. The number of nitro benzene ring substituents is 1. The fourth-order valence-electron chi connectivity index (χ4n) is 2.53. The smallest absolute Gasteiger partial charge is 0.269 e. The van der Waals surface area contributed by atoms with E-state index in [0.29, 0.717) is 11.3 Å². The molecule has 0 fully saturated rings. The van der Waals surface area contributed by atoms with Crippen LogP contribution in [0.4, 0.5) is 28.4 Å². The predicted octanol–water partition coefficient (Wildman–Crippen LogP) is 5.49. The molecular formula is C20H12N4O2. The molecule has 0 spiro atoms. The van der Waals surface area contributed by atoms with Crippen LogP contribution < -0.4 is 4.90 Å². The molecule has 0 saturated carbocycles. The summed E-state index contributed by atoms with van der Waals surface area (Å²) in [6.45, 7) is 7.08. The number of nitro groups is 1. The standard InChI is InChI=1S/C20H12N4O2/c1-22-16-4-8-18(9-5-16)23(17-6-2-15(14-21)3-7-17)19-10-12-20(13-11-19)24(25)26/h2-13H. The highest BCUT2D eigenvalue weighted by molar-refractivity contribution is 5.78. The molecular weight excluding hydrogens is 328 g/mol. The van der Waals surface area contributed by atoms with Crippen molar-refractivity contribution >= 4 is 28.4 Å². The van der Waals surface area contributed by atoms with Crippen LogP contribution in [0.2, 0.25) is 0 Å². The van der Waals surface area contributed by atoms with E-state index in [2.05, 4.69) is 10.9 Å². The largest absolute Gasteiger partial charge is 0.311 e. The Morgan fingerprint density at radius 1 is 0.885 bits per heavy atom. The summed E-state index contributed by atoms with van der Waals surface area (Å²) < 4.78 is 0. The molecule has 0 amide bonds. The first-order chi connectivity index (χ1) is 12.6. The average Bonchev–Trinajstić information content (AvgIpc) is 2.69. The topological polar surface area (TPSA) is 74.5 Å². The number of hydrogen-bond acceptors (Lipinski definition) is 4. The van der Waals surface area contributed by atoms with Crippen molar-refractivity contribution in [2.45, 2.75) is 0 Å². The molecule has 0 aliphatic carbocycles. The Bertz CT molecular complexity index is 954. The highest BCUT2D eigenvalue weighted by Gasteiger charge is 2.14. The van der Waals surface area contributed by atoms with Gasteiger partial charge in [0.15, 0.2) is 5.69 Å². The third-order valence-corrected chi connectivity index (χ3v) is 3.81. The van der Waals surface area contributed by atoms with E-state index in [1.807, 2.05) is 29.2 Å². The minimum absolute atomic E-state index is 0.0110. The quantitative estimate of drug-likeness (QED) is 0.358. The van der Waals surface area contributed by atoms with Gasteiger partial charge in [-0.1, -0.05) is 12.1 Å². The molecule has 0 aliphatic heterocycles. The second-order valence-electron chi connectivity index (χ2n) is 5.40. The van der Waals surface area contributed by atoms with Gasteiger partial charge in [-0.05, 0) is 48.5 Å². The lowest BCUT2D eigenvalue weighted by Gasteiger charge is -2.25. The maximum Gasteiger partial charge on any atom is 0.269 e. The summed E-state index contributed by atoms with van der Waals surface area (Å²) >= 11 is 0. The van der Waals surface area contributed by atoms with E-state index >= 15 is 0 Å². The molecule has 0 aromatic heterocycles. The van der Waals surface area contributed by atoms with Crippen LogP contribution in [0.15, 0.2) is 72.8 Å². The molecule has 26 heavy (non-hydrogen) atoms. The second-order valence-corrected chi connectivity index (χ2v) is 5.40. The number of benzene rings is 3. The van der Waals surface area contributed by atoms with Gasteiger partial charge >= 0.3 is 0 Å². The number of non-ortho nitro benzene ring substituents is 1. The molecule has 124 valence electrons. The Kier molecular flexibility index (Phi) is 4.60. The fraction of sp³-hybridized carbons (Fsp3) is 0. The monoisotopic (exact) mass is 340 g/mol. The SMILES string of the molecule is [C-]#[N+]c1ccc(N(c2ccc(C#N)cc2)c2ccc([N+](=O)[O-])cc2)cc1. The molecule has 6 heteroatoms. The maximum atomic E-state index is 10.9. The Balaban J connectivity index is 2.09. The first kappa shape index (κ1) is 16.7. The number of hydrogen-bond donors (Lipinski definition) is 0. The van der Waals surface area contributed by atoms with Crippen LogP contribution in [0.3, 0.4) is 0 Å². The van der Waals surface area contributed by atoms with Crippen LogP contribution in [-0.2, 0) is 0 Å². The molecule has 3 rings (SSSR count). The second kappa shape index (κ2) is 7.16. The maximum absolute atomic E-state index is 10.9. The lowest BCUT2D eigenvalue weighted by Crippen LogP contribution is -2.09. The first-order valence-corrected chi connectivity index (χ1v) is 7.64. The van der Waals surface area contributed by atoms with Gasteiger partial charge < -0.3 is 4.90 Å². The summed E-state index contributed by atoms with van der Waals surface area (Å²) in [5.41, 5.74) is 3.41. The molecule has 6 nitrogen and oxygen atoms in total. The molecule has 0 unspecified atom stereocenters. The van der Waals surface area contributed by atoms with E-state index < -0.39 is 4.92 Å². The van der Waals surface area contributed by atoms with Gasteiger partial charge in [0.05, 0.1) is 23.1 Å². The predicted molar refractivity (Wildman–Crippen MR) is 98.8 cm³/mol. The van der Waals surface area contributed by atoms with Crippen molar-refractivity contribution in [2.24, 2.45) is 0 Å². The Hall–Kier alpha value is -4.16. The van der Waals surface area contributed by atoms with Crippen LogP contribution >= 0.6 is 0 Å². The molecule has 0 heterocycles. The van der Waals surface area contributed by atoms with Gasteiger partial charge in [-0.15, -0.1) is 0 Å². The molecule has 0 saturated heterocycles. The van der Waals surface area contributed by atoms with Crippen molar-refractivity contribution in [2.75, 3.05) is 4.90 Å². The number of rotatable bonds is 4. The summed E-state index contributed by atoms with van der Waals surface area (Å²) in [5.74, 6) is 0. The highest BCUT2D eigenvalue weighted by Crippen LogP contribution is 2.36. The van der Waals surface area contributed by atoms with Crippen LogP contribution in [0, 0.1) is 28.0 Å². The van der Waals surface area contributed by atoms with Crippen LogP contribution in [0.1, 0.15) is 5.56 Å². The van der Waals surface area contributed by atoms with Gasteiger partial charge in [0.25, 0.3) is 5.69 Å². The van der Waals surface area contributed by atoms with Gasteiger partial charge in [-0.3, -0.25) is 10.1 Å². The van der Waals surface area contributed by atoms with Crippen LogP contribution in [0.5, 0.6) is 0 Å². The zero-order valence-electron chi connectivity index (χ0n) is 13.5. The van der Waals surface area contributed by atoms with E-state index in [0.717, 1.165) is 17.1 Å². The first-order valence-electron chi connectivity index (χ1n) is 7.64. The molecule has 0 atom stereocenters. The minimum Gasteiger partial charge on any atom is -0.311 e. The molecule has 0 bridgehead atoms. The lowest BCUT2D eigenvalue weighted by atomic mass is 10.1. The van der Waals surface area contributed by atoms with Crippen LogP contribution in [-0.4, -0.2) is 4.92 Å². The number of anilines is 3. The molecule has 3 aromatic carbocycles. The third kappa shape index (κ3) is 3.35. The summed E-state index contributed by atoms with van der Waals surface area (Å²) in [5, 5.41) is 19.9. The third-order valence-electron chi connectivity index (χ3n) is 3.81. The molecule has 0 radical (unpaired) electrons. The normalized spacial score (nSPS) is 9.77. The van der Waals surface area contributed by atoms with Crippen molar-refractivity contribution in [1.82, 2.24) is 0 Å². The van der Waals surface area contributed by atoms with Gasteiger partial charge in [0.2, 0.25) is 0 Å². The summed E-state index contributed by atoms with van der Waals surface area (Å²) in [4.78, 5) is 15.7. The number of nitriles is 1. The minimum atomic E-state index is -0.444. The van der Waals surface area contributed by atoms with Gasteiger partial charge in [-0.2, -0.15) is 5.26 Å². The van der Waals surface area contributed by atoms with Crippen molar-refractivity contribution in [3.05, 3.63) is 99.9 Å². The average molecular weight is 340 g/mol. The van der Waals surface area contributed by atoms with Gasteiger partial charge in [0.1, 0.15) is 0 Å². The molecule has 3 aromatic rings. The number of nitrogens with zero attached hydrogens (tertiary/aromatic N) is 4. The Morgan fingerprint density at radius 2 is 1.35 bits per heavy atom. The zero-order valence-corrected chi connectivity index (χ0v) is 13.5. The van der Waals surface area contributed by atoms with Crippen molar-refractivity contribution in [3.63, 3.8) is 0 Å². The fourth-order valence-corrected chi connectivity index (χ4v) is 2.53.